The van der Waals surface area contributed by atoms with Gasteiger partial charge in [0.1, 0.15) is 11.5 Å². The highest BCUT2D eigenvalue weighted by Gasteiger charge is 2.21. The number of primary amides is 1. The first kappa shape index (κ1) is 6.92. The number of carbonyl (C=O) groups excluding carboxylic acids is 1. The lowest BCUT2D eigenvalue weighted by Gasteiger charge is -2.08. The third-order valence-electron chi connectivity index (χ3n) is 1.42. The molecule has 1 aliphatic rings. The van der Waals surface area contributed by atoms with Crippen molar-refractivity contribution in [2.75, 3.05) is 13.8 Å². The number of hydrogen-bond donors (Lipinski definition) is 1. The van der Waals surface area contributed by atoms with E-state index in [0.29, 0.717) is 18.2 Å². The Bertz CT molecular complexity index is 198. The molecule has 2 N–H and O–H groups in total. The maximum Gasteiger partial charge on any atom is 0.268 e. The van der Waals surface area contributed by atoms with Crippen molar-refractivity contribution in [2.45, 2.75) is 6.92 Å². The van der Waals surface area contributed by atoms with E-state index in [-0.39, 0.29) is 0 Å². The molecule has 0 saturated heterocycles. The molecule has 0 aromatic heterocycles. The number of hydrogen-bond acceptors (Lipinski definition) is 3. The van der Waals surface area contributed by atoms with Crippen LogP contribution in [0, 0.1) is 0 Å². The zero-order valence-corrected chi connectivity index (χ0v) is 6.05. The number of amides is 1. The number of rotatable bonds is 1. The van der Waals surface area contributed by atoms with Gasteiger partial charge >= 0.3 is 0 Å². The predicted molar refractivity (Wildman–Crippen MR) is 35.6 cm³/mol. The largest absolute Gasteiger partial charge is 0.475 e. The fraction of sp³-hybridized carbons (Fsp3) is 0.500. The molecule has 4 heteroatoms. The average Bonchev–Trinajstić information content (AvgIpc) is 2.11. The first-order chi connectivity index (χ1) is 4.63. The first-order valence-corrected chi connectivity index (χ1v) is 2.97. The summed E-state index contributed by atoms with van der Waals surface area (Å²) in [5.41, 5.74) is 5.53. The van der Waals surface area contributed by atoms with Crippen LogP contribution in [0.1, 0.15) is 6.92 Å². The van der Waals surface area contributed by atoms with Crippen molar-refractivity contribution in [2.24, 2.45) is 5.73 Å². The van der Waals surface area contributed by atoms with Crippen LogP contribution in [-0.2, 0) is 9.53 Å². The van der Waals surface area contributed by atoms with Gasteiger partial charge in [0.25, 0.3) is 5.91 Å². The van der Waals surface area contributed by atoms with Crippen LogP contribution in [0.25, 0.3) is 0 Å². The summed E-state index contributed by atoms with van der Waals surface area (Å²) in [5, 5.41) is 0. The molecule has 0 unspecified atom stereocenters. The summed E-state index contributed by atoms with van der Waals surface area (Å²) in [4.78, 5) is 12.3. The number of nitrogens with two attached hydrogens (primary N) is 1. The maximum atomic E-state index is 10.7. The zero-order chi connectivity index (χ0) is 7.72. The van der Waals surface area contributed by atoms with Gasteiger partial charge in [0.05, 0.1) is 0 Å². The molecule has 0 aromatic rings. The van der Waals surface area contributed by atoms with Gasteiger partial charge in [0, 0.05) is 7.05 Å². The monoisotopic (exact) mass is 142 g/mol. The van der Waals surface area contributed by atoms with E-state index < -0.39 is 5.91 Å². The van der Waals surface area contributed by atoms with Gasteiger partial charge in [-0.05, 0) is 6.92 Å². The van der Waals surface area contributed by atoms with Gasteiger partial charge in [0.15, 0.2) is 6.73 Å². The number of nitrogens with zero attached hydrogens (tertiary/aromatic N) is 1. The zero-order valence-electron chi connectivity index (χ0n) is 6.05. The maximum absolute atomic E-state index is 10.7. The minimum Gasteiger partial charge on any atom is -0.475 e. The predicted octanol–water partition coefficient (Wildman–Crippen LogP) is -0.377. The lowest BCUT2D eigenvalue weighted by atomic mass is 10.3. The Labute approximate surface area is 59.2 Å². The molecule has 0 radical (unpaired) electrons. The van der Waals surface area contributed by atoms with Gasteiger partial charge in [-0.25, -0.2) is 0 Å². The molecular formula is C6H10N2O2. The summed E-state index contributed by atoms with van der Waals surface area (Å²) in [7, 11) is 1.76. The number of likely N-dealkylation sites (N-methyl/N-ethyl adjacent to an activating group) is 1. The highest BCUT2D eigenvalue weighted by Crippen LogP contribution is 2.16. The number of ether oxygens (including phenoxy) is 1. The molecule has 56 valence electrons. The van der Waals surface area contributed by atoms with Crippen molar-refractivity contribution in [3.8, 4) is 0 Å². The van der Waals surface area contributed by atoms with E-state index in [0.717, 1.165) is 0 Å². The topological polar surface area (TPSA) is 55.6 Å². The van der Waals surface area contributed by atoms with E-state index in [9.17, 15) is 4.79 Å². The quantitative estimate of drug-likeness (QED) is 0.543. The highest BCUT2D eigenvalue weighted by molar-refractivity contribution is 5.91. The summed E-state index contributed by atoms with van der Waals surface area (Å²) >= 11 is 0. The van der Waals surface area contributed by atoms with E-state index in [1.807, 2.05) is 0 Å². The molecule has 1 amide bonds. The van der Waals surface area contributed by atoms with E-state index in [4.69, 9.17) is 10.5 Å². The fourth-order valence-corrected chi connectivity index (χ4v) is 0.957. The number of allylic oxidation sites excluding steroid dienone is 1. The first-order valence-electron chi connectivity index (χ1n) is 2.97. The number of carbonyl (C=O) groups is 1. The molecule has 0 fully saturated rings. The normalized spacial score (nSPS) is 17.6. The third kappa shape index (κ3) is 0.920. The molecule has 0 aromatic carbocycles. The Hall–Kier alpha value is -1.19. The lowest BCUT2D eigenvalue weighted by molar-refractivity contribution is -0.115. The summed E-state index contributed by atoms with van der Waals surface area (Å²) in [6, 6.07) is 0. The van der Waals surface area contributed by atoms with Crippen LogP contribution in [0.15, 0.2) is 11.5 Å². The second-order valence-corrected chi connectivity index (χ2v) is 2.24. The second kappa shape index (κ2) is 2.21. The lowest BCUT2D eigenvalue weighted by Crippen LogP contribution is -2.25. The van der Waals surface area contributed by atoms with E-state index in [1.54, 1.807) is 18.9 Å². The van der Waals surface area contributed by atoms with E-state index in [1.165, 1.54) is 0 Å². The van der Waals surface area contributed by atoms with Crippen LogP contribution >= 0.6 is 0 Å². The summed E-state index contributed by atoms with van der Waals surface area (Å²) in [6.45, 7) is 2.15. The summed E-state index contributed by atoms with van der Waals surface area (Å²) in [6.07, 6.45) is 0. The fourth-order valence-electron chi connectivity index (χ4n) is 0.957. The van der Waals surface area contributed by atoms with Crippen molar-refractivity contribution in [1.82, 2.24) is 4.90 Å². The Morgan fingerprint density at radius 3 is 2.60 bits per heavy atom. The molecule has 4 nitrogen and oxygen atoms in total. The average molecular weight is 142 g/mol. The van der Waals surface area contributed by atoms with Crippen LogP contribution in [-0.4, -0.2) is 24.6 Å². The third-order valence-corrected chi connectivity index (χ3v) is 1.42. The van der Waals surface area contributed by atoms with Crippen molar-refractivity contribution < 1.29 is 9.53 Å². The van der Waals surface area contributed by atoms with Gasteiger partial charge < -0.3 is 15.4 Å². The van der Waals surface area contributed by atoms with Gasteiger partial charge in [-0.15, -0.1) is 0 Å². The van der Waals surface area contributed by atoms with Gasteiger partial charge in [-0.2, -0.15) is 0 Å². The van der Waals surface area contributed by atoms with Gasteiger partial charge in [0.2, 0.25) is 0 Å². The SMILES string of the molecule is CC1=C(C(N)=O)N(C)CO1. The van der Waals surface area contributed by atoms with Gasteiger partial charge in [-0.3, -0.25) is 4.79 Å². The van der Waals surface area contributed by atoms with Crippen molar-refractivity contribution in [3.05, 3.63) is 11.5 Å². The van der Waals surface area contributed by atoms with E-state index >= 15 is 0 Å². The molecular weight excluding hydrogens is 132 g/mol. The molecule has 0 atom stereocenters. The van der Waals surface area contributed by atoms with Crippen LogP contribution in [0.3, 0.4) is 0 Å². The highest BCUT2D eigenvalue weighted by atomic mass is 16.5. The van der Waals surface area contributed by atoms with Crippen LogP contribution in [0.2, 0.25) is 0 Å². The van der Waals surface area contributed by atoms with Gasteiger partial charge in [-0.1, -0.05) is 0 Å². The van der Waals surface area contributed by atoms with Crippen molar-refractivity contribution >= 4 is 5.91 Å². The summed E-state index contributed by atoms with van der Waals surface area (Å²) < 4.78 is 5.04. The van der Waals surface area contributed by atoms with Crippen LogP contribution in [0.4, 0.5) is 0 Å². The molecule has 1 rings (SSSR count). The van der Waals surface area contributed by atoms with Crippen molar-refractivity contribution in [3.63, 3.8) is 0 Å². The summed E-state index contributed by atoms with van der Waals surface area (Å²) in [5.74, 6) is 0.174. The molecule has 1 aliphatic heterocycles. The molecule has 0 saturated carbocycles. The second-order valence-electron chi connectivity index (χ2n) is 2.24. The Balaban J connectivity index is 2.88. The smallest absolute Gasteiger partial charge is 0.268 e. The van der Waals surface area contributed by atoms with E-state index in [2.05, 4.69) is 0 Å². The Morgan fingerprint density at radius 2 is 2.40 bits per heavy atom. The minimum absolute atomic E-state index is 0.421. The molecule has 0 bridgehead atoms. The Kier molecular flexibility index (Phi) is 1.53. The Morgan fingerprint density at radius 1 is 1.80 bits per heavy atom. The molecule has 0 aliphatic carbocycles. The molecule has 1 heterocycles. The van der Waals surface area contributed by atoms with Crippen LogP contribution in [0.5, 0.6) is 0 Å². The van der Waals surface area contributed by atoms with Crippen molar-refractivity contribution in [1.29, 1.82) is 0 Å². The molecule has 10 heavy (non-hydrogen) atoms. The minimum atomic E-state index is -0.433. The van der Waals surface area contributed by atoms with Crippen LogP contribution < -0.4 is 5.73 Å². The standard InChI is InChI=1S/C6H10N2O2/c1-4-5(6(7)9)8(2)3-10-4/h3H2,1-2H3,(H2,7,9). The molecule has 0 spiro atoms.